The summed E-state index contributed by atoms with van der Waals surface area (Å²) in [5, 5.41) is 0. The van der Waals surface area contributed by atoms with Gasteiger partial charge in [-0.15, -0.1) is 0 Å². The van der Waals surface area contributed by atoms with E-state index in [4.69, 9.17) is 10.5 Å². The summed E-state index contributed by atoms with van der Waals surface area (Å²) in [4.78, 5) is 26.0. The summed E-state index contributed by atoms with van der Waals surface area (Å²) in [6.07, 6.45) is 8.63. The number of amides is 2. The van der Waals surface area contributed by atoms with Crippen molar-refractivity contribution in [2.24, 2.45) is 5.73 Å². The van der Waals surface area contributed by atoms with Crippen LogP contribution in [0.1, 0.15) is 44.9 Å². The molecule has 0 aromatic rings. The third kappa shape index (κ3) is 2.87. The Hall–Kier alpha value is -1.36. The SMILES string of the molecule is COCC1(C(N)=O)CCCN1C(=O)C=C1CCCCC1. The van der Waals surface area contributed by atoms with Crippen molar-refractivity contribution >= 4 is 11.8 Å². The molecule has 0 bridgehead atoms. The zero-order valence-corrected chi connectivity index (χ0v) is 12.2. The van der Waals surface area contributed by atoms with Crippen molar-refractivity contribution in [3.63, 3.8) is 0 Å². The quantitative estimate of drug-likeness (QED) is 0.790. The zero-order valence-electron chi connectivity index (χ0n) is 12.2. The van der Waals surface area contributed by atoms with E-state index in [-0.39, 0.29) is 12.5 Å². The van der Waals surface area contributed by atoms with Crippen LogP contribution in [0.15, 0.2) is 11.6 Å². The Labute approximate surface area is 120 Å². The monoisotopic (exact) mass is 280 g/mol. The lowest BCUT2D eigenvalue weighted by Gasteiger charge is -2.34. The summed E-state index contributed by atoms with van der Waals surface area (Å²) in [5.41, 5.74) is 5.78. The molecule has 1 atom stereocenters. The number of hydrogen-bond acceptors (Lipinski definition) is 3. The number of rotatable bonds is 4. The van der Waals surface area contributed by atoms with Crippen molar-refractivity contribution < 1.29 is 14.3 Å². The zero-order chi connectivity index (χ0) is 14.6. The molecule has 0 radical (unpaired) electrons. The number of likely N-dealkylation sites (tertiary alicyclic amines) is 1. The topological polar surface area (TPSA) is 72.6 Å². The van der Waals surface area contributed by atoms with Gasteiger partial charge in [0.15, 0.2) is 0 Å². The van der Waals surface area contributed by atoms with Gasteiger partial charge in [0, 0.05) is 19.7 Å². The van der Waals surface area contributed by atoms with Crippen LogP contribution in [0, 0.1) is 0 Å². The van der Waals surface area contributed by atoms with Crippen molar-refractivity contribution in [2.75, 3.05) is 20.3 Å². The lowest BCUT2D eigenvalue weighted by atomic mass is 9.93. The molecule has 1 saturated carbocycles. The van der Waals surface area contributed by atoms with Crippen LogP contribution in [-0.4, -0.2) is 42.5 Å². The van der Waals surface area contributed by atoms with Crippen LogP contribution in [0.4, 0.5) is 0 Å². The number of allylic oxidation sites excluding steroid dienone is 1. The second-order valence-electron chi connectivity index (χ2n) is 5.79. The molecular formula is C15H24N2O3. The maximum Gasteiger partial charge on any atom is 0.247 e. The third-order valence-electron chi connectivity index (χ3n) is 4.42. The van der Waals surface area contributed by atoms with Gasteiger partial charge < -0.3 is 15.4 Å². The first-order chi connectivity index (χ1) is 9.60. The van der Waals surface area contributed by atoms with E-state index >= 15 is 0 Å². The maximum atomic E-state index is 12.5. The van der Waals surface area contributed by atoms with E-state index in [1.165, 1.54) is 19.1 Å². The number of nitrogens with zero attached hydrogens (tertiary/aromatic N) is 1. The molecular weight excluding hydrogens is 256 g/mol. The fraction of sp³-hybridized carbons (Fsp3) is 0.733. The summed E-state index contributed by atoms with van der Waals surface area (Å²) >= 11 is 0. The number of methoxy groups -OCH3 is 1. The summed E-state index contributed by atoms with van der Waals surface area (Å²) in [6.45, 7) is 0.756. The number of carbonyl (C=O) groups excluding carboxylic acids is 2. The standard InChI is InChI=1S/C15H24N2O3/c1-20-11-15(14(16)19)8-5-9-17(15)13(18)10-12-6-3-2-4-7-12/h10H,2-9,11H2,1H3,(H2,16,19). The van der Waals surface area contributed by atoms with Gasteiger partial charge in [0.25, 0.3) is 0 Å². The molecule has 1 aliphatic carbocycles. The average molecular weight is 280 g/mol. The highest BCUT2D eigenvalue weighted by molar-refractivity contribution is 5.96. The minimum absolute atomic E-state index is 0.0877. The molecule has 2 N–H and O–H groups in total. The van der Waals surface area contributed by atoms with Gasteiger partial charge in [-0.3, -0.25) is 9.59 Å². The van der Waals surface area contributed by atoms with E-state index in [9.17, 15) is 9.59 Å². The third-order valence-corrected chi connectivity index (χ3v) is 4.42. The van der Waals surface area contributed by atoms with Crippen molar-refractivity contribution in [3.05, 3.63) is 11.6 Å². The van der Waals surface area contributed by atoms with Crippen LogP contribution < -0.4 is 5.73 Å². The minimum atomic E-state index is -0.961. The molecule has 1 unspecified atom stereocenters. The molecule has 20 heavy (non-hydrogen) atoms. The summed E-state index contributed by atoms with van der Waals surface area (Å²) in [6, 6.07) is 0. The minimum Gasteiger partial charge on any atom is -0.382 e. The van der Waals surface area contributed by atoms with Gasteiger partial charge in [0.05, 0.1) is 6.61 Å². The Morgan fingerprint density at radius 2 is 2.00 bits per heavy atom. The lowest BCUT2D eigenvalue weighted by Crippen LogP contribution is -2.58. The molecule has 5 nitrogen and oxygen atoms in total. The van der Waals surface area contributed by atoms with E-state index < -0.39 is 11.4 Å². The largest absolute Gasteiger partial charge is 0.382 e. The van der Waals surface area contributed by atoms with Crippen LogP contribution in [0.25, 0.3) is 0 Å². The molecule has 2 aliphatic rings. The van der Waals surface area contributed by atoms with E-state index in [0.29, 0.717) is 13.0 Å². The summed E-state index contributed by atoms with van der Waals surface area (Å²) in [7, 11) is 1.53. The van der Waals surface area contributed by atoms with Crippen molar-refractivity contribution in [1.29, 1.82) is 0 Å². The first-order valence-corrected chi connectivity index (χ1v) is 7.40. The van der Waals surface area contributed by atoms with Crippen LogP contribution in [0.3, 0.4) is 0 Å². The van der Waals surface area contributed by atoms with Crippen LogP contribution in [0.5, 0.6) is 0 Å². The molecule has 2 fully saturated rings. The van der Waals surface area contributed by atoms with Gasteiger partial charge in [-0.25, -0.2) is 0 Å². The molecule has 0 spiro atoms. The second kappa shape index (κ2) is 6.39. The number of hydrogen-bond donors (Lipinski definition) is 1. The molecule has 1 aliphatic heterocycles. The first kappa shape index (κ1) is 15.0. The molecule has 112 valence electrons. The van der Waals surface area contributed by atoms with Gasteiger partial charge in [-0.2, -0.15) is 0 Å². The van der Waals surface area contributed by atoms with Gasteiger partial charge >= 0.3 is 0 Å². The highest BCUT2D eigenvalue weighted by Crippen LogP contribution is 2.31. The normalized spacial score (nSPS) is 26.6. The first-order valence-electron chi connectivity index (χ1n) is 7.40. The van der Waals surface area contributed by atoms with E-state index in [1.807, 2.05) is 0 Å². The predicted octanol–water partition coefficient (Wildman–Crippen LogP) is 1.37. The van der Waals surface area contributed by atoms with Gasteiger partial charge in [0.1, 0.15) is 5.54 Å². The molecule has 0 aromatic carbocycles. The maximum absolute atomic E-state index is 12.5. The Kier molecular flexibility index (Phi) is 4.81. The smallest absolute Gasteiger partial charge is 0.247 e. The summed E-state index contributed by atoms with van der Waals surface area (Å²) < 4.78 is 5.15. The number of nitrogens with two attached hydrogens (primary N) is 1. The molecule has 1 saturated heterocycles. The number of primary amides is 1. The molecule has 5 heteroatoms. The van der Waals surface area contributed by atoms with Gasteiger partial charge in [-0.1, -0.05) is 12.0 Å². The fourth-order valence-electron chi connectivity index (χ4n) is 3.32. The Bertz CT molecular complexity index is 411. The highest BCUT2D eigenvalue weighted by Gasteiger charge is 2.48. The highest BCUT2D eigenvalue weighted by atomic mass is 16.5. The van der Waals surface area contributed by atoms with Crippen molar-refractivity contribution in [2.45, 2.75) is 50.5 Å². The fourth-order valence-corrected chi connectivity index (χ4v) is 3.32. The van der Waals surface area contributed by atoms with Crippen LogP contribution >= 0.6 is 0 Å². The van der Waals surface area contributed by atoms with Crippen molar-refractivity contribution in [3.8, 4) is 0 Å². The number of ether oxygens (including phenoxy) is 1. The van der Waals surface area contributed by atoms with Crippen molar-refractivity contribution in [1.82, 2.24) is 4.90 Å². The molecule has 2 rings (SSSR count). The number of carbonyl (C=O) groups is 2. The molecule has 1 heterocycles. The van der Waals surface area contributed by atoms with E-state index in [2.05, 4.69) is 0 Å². The molecule has 2 amide bonds. The van der Waals surface area contributed by atoms with E-state index in [0.717, 1.165) is 32.1 Å². The lowest BCUT2D eigenvalue weighted by molar-refractivity contribution is -0.143. The van der Waals surface area contributed by atoms with Gasteiger partial charge in [-0.05, 0) is 38.5 Å². The Balaban J connectivity index is 2.16. The summed E-state index contributed by atoms with van der Waals surface area (Å²) in [5.74, 6) is -0.553. The molecule has 0 aromatic heterocycles. The van der Waals surface area contributed by atoms with E-state index in [1.54, 1.807) is 11.0 Å². The van der Waals surface area contributed by atoms with Crippen LogP contribution in [0.2, 0.25) is 0 Å². The van der Waals surface area contributed by atoms with Gasteiger partial charge in [0.2, 0.25) is 11.8 Å². The Morgan fingerprint density at radius 1 is 1.30 bits per heavy atom. The average Bonchev–Trinajstić information content (AvgIpc) is 2.85. The second-order valence-corrected chi connectivity index (χ2v) is 5.79. The Morgan fingerprint density at radius 3 is 2.60 bits per heavy atom. The van der Waals surface area contributed by atoms with Crippen LogP contribution in [-0.2, 0) is 14.3 Å². The predicted molar refractivity (Wildman–Crippen MR) is 75.9 cm³/mol.